The highest BCUT2D eigenvalue weighted by molar-refractivity contribution is 6.30. The number of ether oxygens (including phenoxy) is 1. The van der Waals surface area contributed by atoms with Gasteiger partial charge < -0.3 is 15.0 Å². The maximum Gasteiger partial charge on any atom is 0.275 e. The molecule has 1 aliphatic rings. The Balaban J connectivity index is 1.34. The summed E-state index contributed by atoms with van der Waals surface area (Å²) >= 11 is 6.06. The Labute approximate surface area is 213 Å². The quantitative estimate of drug-likeness (QED) is 0.378. The number of hydrogen-bond acceptors (Lipinski definition) is 5. The van der Waals surface area contributed by atoms with Gasteiger partial charge in [0.2, 0.25) is 5.78 Å². The number of H-pyrrole nitrogens is 1. The molecule has 0 bridgehead atoms. The lowest BCUT2D eigenvalue weighted by atomic mass is 9.64. The van der Waals surface area contributed by atoms with Crippen LogP contribution in [0.4, 0.5) is 0 Å². The van der Waals surface area contributed by atoms with E-state index in [1.54, 1.807) is 6.92 Å². The molecule has 5 rings (SSSR count). The number of aromatic amines is 1. The molecule has 1 atom stereocenters. The molecular weight excluding hydrogens is 478 g/mol. The largest absolute Gasteiger partial charge is 0.368 e. The molecule has 2 aromatic carbocycles. The normalized spacial score (nSPS) is 16.3. The van der Waals surface area contributed by atoms with Crippen LogP contribution in [0.5, 0.6) is 0 Å². The standard InChI is InChI=1S/C27H28ClN5O3/c1-26(36-2,24(35)29-17-27(13-6-14-27)19-9-11-20(28)12-10-19)16-21-15-22(34)33-25(30-21)31-23(32-33)18-7-4-3-5-8-18/h3-5,7-12,15H,6,13-14,16-17H2,1-2H3,(H,29,35)(H,30,31,32). The molecule has 4 aromatic rings. The molecule has 1 fully saturated rings. The van der Waals surface area contributed by atoms with Crippen LogP contribution in [0.25, 0.3) is 17.2 Å². The van der Waals surface area contributed by atoms with Gasteiger partial charge in [-0.3, -0.25) is 9.59 Å². The summed E-state index contributed by atoms with van der Waals surface area (Å²) in [6.45, 7) is 2.23. The maximum absolute atomic E-state index is 13.3. The Morgan fingerprint density at radius 1 is 1.19 bits per heavy atom. The monoisotopic (exact) mass is 505 g/mol. The Kier molecular flexibility index (Phi) is 6.40. The zero-order valence-corrected chi connectivity index (χ0v) is 21.0. The maximum atomic E-state index is 13.3. The van der Waals surface area contributed by atoms with Crippen molar-refractivity contribution in [2.75, 3.05) is 13.7 Å². The van der Waals surface area contributed by atoms with Crippen molar-refractivity contribution in [2.45, 2.75) is 43.6 Å². The van der Waals surface area contributed by atoms with Gasteiger partial charge in [-0.25, -0.2) is 0 Å². The van der Waals surface area contributed by atoms with E-state index in [0.717, 1.165) is 24.8 Å². The minimum Gasteiger partial charge on any atom is -0.368 e. The van der Waals surface area contributed by atoms with Crippen molar-refractivity contribution in [1.82, 2.24) is 24.9 Å². The fraction of sp³-hybridized carbons (Fsp3) is 0.333. The zero-order chi connectivity index (χ0) is 25.3. The van der Waals surface area contributed by atoms with Crippen molar-refractivity contribution >= 4 is 23.3 Å². The van der Waals surface area contributed by atoms with Crippen molar-refractivity contribution in [1.29, 1.82) is 0 Å². The lowest BCUT2D eigenvalue weighted by Crippen LogP contribution is -2.53. The number of methoxy groups -OCH3 is 1. The summed E-state index contributed by atoms with van der Waals surface area (Å²) in [6, 6.07) is 18.7. The summed E-state index contributed by atoms with van der Waals surface area (Å²) < 4.78 is 6.90. The first-order valence-corrected chi connectivity index (χ1v) is 12.3. The van der Waals surface area contributed by atoms with Crippen LogP contribution in [0.2, 0.25) is 5.02 Å². The number of benzene rings is 2. The van der Waals surface area contributed by atoms with Crippen LogP contribution in [0.1, 0.15) is 37.4 Å². The van der Waals surface area contributed by atoms with Crippen LogP contribution in [0.3, 0.4) is 0 Å². The second-order valence-corrected chi connectivity index (χ2v) is 10.0. The van der Waals surface area contributed by atoms with E-state index in [-0.39, 0.29) is 23.3 Å². The molecule has 0 spiro atoms. The summed E-state index contributed by atoms with van der Waals surface area (Å²) in [6.07, 6.45) is 3.28. The Hall–Kier alpha value is -3.49. The lowest BCUT2D eigenvalue weighted by Gasteiger charge is -2.43. The smallest absolute Gasteiger partial charge is 0.275 e. The Morgan fingerprint density at radius 3 is 2.56 bits per heavy atom. The molecule has 36 heavy (non-hydrogen) atoms. The highest BCUT2D eigenvalue weighted by Crippen LogP contribution is 2.43. The third kappa shape index (κ3) is 4.54. The highest BCUT2D eigenvalue weighted by Gasteiger charge is 2.41. The van der Waals surface area contributed by atoms with Gasteiger partial charge in [0.15, 0.2) is 5.82 Å². The van der Waals surface area contributed by atoms with Gasteiger partial charge in [0.1, 0.15) is 5.60 Å². The zero-order valence-electron chi connectivity index (χ0n) is 20.3. The number of amides is 1. The second-order valence-electron chi connectivity index (χ2n) is 9.60. The first-order chi connectivity index (χ1) is 17.3. The van der Waals surface area contributed by atoms with Crippen molar-refractivity contribution in [3.63, 3.8) is 0 Å². The number of nitrogens with zero attached hydrogens (tertiary/aromatic N) is 3. The Morgan fingerprint density at radius 2 is 1.92 bits per heavy atom. The van der Waals surface area contributed by atoms with Gasteiger partial charge in [0.05, 0.1) is 0 Å². The van der Waals surface area contributed by atoms with Gasteiger partial charge in [-0.05, 0) is 37.5 Å². The minimum absolute atomic E-state index is 0.0997. The number of nitrogens with one attached hydrogen (secondary N) is 2. The van der Waals surface area contributed by atoms with Crippen molar-refractivity contribution in [3.05, 3.63) is 87.3 Å². The van der Waals surface area contributed by atoms with E-state index in [9.17, 15) is 9.59 Å². The van der Waals surface area contributed by atoms with Gasteiger partial charge in [-0.2, -0.15) is 9.50 Å². The van der Waals surface area contributed by atoms with Crippen molar-refractivity contribution < 1.29 is 9.53 Å². The summed E-state index contributed by atoms with van der Waals surface area (Å²) in [5.74, 6) is 0.519. The van der Waals surface area contributed by atoms with Gasteiger partial charge in [-0.1, -0.05) is 60.5 Å². The number of carbonyl (C=O) groups excluding carboxylic acids is 1. The molecule has 1 unspecified atom stereocenters. The molecule has 9 heteroatoms. The van der Waals surface area contributed by atoms with E-state index in [4.69, 9.17) is 16.3 Å². The van der Waals surface area contributed by atoms with E-state index in [1.165, 1.54) is 23.3 Å². The number of hydrogen-bond donors (Lipinski definition) is 2. The number of halogens is 1. The van der Waals surface area contributed by atoms with E-state index in [0.29, 0.717) is 28.9 Å². The second kappa shape index (κ2) is 9.52. The first kappa shape index (κ1) is 24.2. The van der Waals surface area contributed by atoms with E-state index in [2.05, 4.69) is 20.4 Å². The molecule has 0 saturated heterocycles. The molecular formula is C27H28ClN5O3. The van der Waals surface area contributed by atoms with Gasteiger partial charge in [0, 0.05) is 47.8 Å². The van der Waals surface area contributed by atoms with Crippen molar-refractivity contribution in [3.8, 4) is 11.4 Å². The van der Waals surface area contributed by atoms with Crippen LogP contribution < -0.4 is 10.9 Å². The molecule has 2 heterocycles. The topological polar surface area (TPSA) is 101 Å². The third-order valence-electron chi connectivity index (χ3n) is 7.23. The summed E-state index contributed by atoms with van der Waals surface area (Å²) in [5.41, 5.74) is 0.903. The van der Waals surface area contributed by atoms with Crippen LogP contribution in [-0.2, 0) is 21.4 Å². The molecule has 0 radical (unpaired) electrons. The Bertz CT molecular complexity index is 1440. The van der Waals surface area contributed by atoms with Crippen LogP contribution in [0, 0.1) is 0 Å². The number of rotatable bonds is 8. The van der Waals surface area contributed by atoms with Gasteiger partial charge in [0.25, 0.3) is 11.5 Å². The molecule has 0 aliphatic heterocycles. The molecule has 1 amide bonds. The molecule has 1 aliphatic carbocycles. The number of aromatic nitrogens is 4. The van der Waals surface area contributed by atoms with Crippen LogP contribution >= 0.6 is 11.6 Å². The van der Waals surface area contributed by atoms with Gasteiger partial charge >= 0.3 is 0 Å². The predicted molar refractivity (Wildman–Crippen MR) is 138 cm³/mol. The van der Waals surface area contributed by atoms with E-state index >= 15 is 0 Å². The number of fused-ring (bicyclic) bond motifs is 1. The summed E-state index contributed by atoms with van der Waals surface area (Å²) in [7, 11) is 1.50. The summed E-state index contributed by atoms with van der Waals surface area (Å²) in [5, 5.41) is 8.12. The molecule has 2 aromatic heterocycles. The predicted octanol–water partition coefficient (Wildman–Crippen LogP) is 3.92. The molecule has 2 N–H and O–H groups in total. The average Bonchev–Trinajstić information content (AvgIpc) is 3.29. The molecule has 1 saturated carbocycles. The summed E-state index contributed by atoms with van der Waals surface area (Å²) in [4.78, 5) is 33.7. The third-order valence-corrected chi connectivity index (χ3v) is 7.48. The lowest BCUT2D eigenvalue weighted by molar-refractivity contribution is -0.142. The number of carbonyl (C=O) groups is 1. The molecule has 8 nitrogen and oxygen atoms in total. The van der Waals surface area contributed by atoms with Crippen LogP contribution in [0.15, 0.2) is 65.5 Å². The minimum atomic E-state index is -1.19. The first-order valence-electron chi connectivity index (χ1n) is 12.0. The SMILES string of the molecule is COC(C)(Cc1cc(=O)n2nc(-c3ccccc3)nc2[nH]1)C(=O)NCC1(c2ccc(Cl)cc2)CCC1. The fourth-order valence-electron chi connectivity index (χ4n) is 4.76. The average molecular weight is 506 g/mol. The van der Waals surface area contributed by atoms with Crippen LogP contribution in [-0.4, -0.2) is 44.7 Å². The highest BCUT2D eigenvalue weighted by atomic mass is 35.5. The van der Waals surface area contributed by atoms with E-state index in [1.807, 2.05) is 54.6 Å². The fourth-order valence-corrected chi connectivity index (χ4v) is 4.89. The van der Waals surface area contributed by atoms with Gasteiger partial charge in [-0.15, -0.1) is 5.10 Å². The van der Waals surface area contributed by atoms with E-state index < -0.39 is 5.60 Å². The van der Waals surface area contributed by atoms with Crippen molar-refractivity contribution in [2.24, 2.45) is 0 Å². The molecule has 186 valence electrons.